The molecular weight excluding hydrogens is 807 g/mol. The first-order valence-corrected chi connectivity index (χ1v) is 17.4. The summed E-state index contributed by atoms with van der Waals surface area (Å²) in [5, 5.41) is 0. The van der Waals surface area contributed by atoms with Gasteiger partial charge in [-0.25, -0.2) is 28.2 Å². The van der Waals surface area contributed by atoms with Gasteiger partial charge in [-0.2, -0.15) is 0 Å². The lowest BCUT2D eigenvalue weighted by molar-refractivity contribution is -0.671. The molecule has 8 nitrogen and oxygen atoms in total. The van der Waals surface area contributed by atoms with E-state index in [1.54, 1.807) is 0 Å². The van der Waals surface area contributed by atoms with Crippen molar-refractivity contribution in [2.45, 2.75) is 0 Å². The predicted octanol–water partition coefficient (Wildman–Crippen LogP) is -5.74. The Morgan fingerprint density at radius 3 is 0.860 bits per heavy atom. The lowest BCUT2D eigenvalue weighted by Gasteiger charge is -2.06. The average molecular weight is 845 g/mol. The number of fused-ring (bicyclic) bond motifs is 8. The Kier molecular flexibility index (Phi) is 14.6. The molecule has 57 heavy (non-hydrogen) atoms. The Morgan fingerprint density at radius 1 is 0.333 bits per heavy atom. The van der Waals surface area contributed by atoms with Crippen LogP contribution in [0.15, 0.2) is 122 Å². The van der Waals surface area contributed by atoms with E-state index in [0.717, 1.165) is 89.4 Å². The van der Waals surface area contributed by atoms with Crippen molar-refractivity contribution in [2.75, 3.05) is 0 Å². The maximum absolute atomic E-state index is 5.38. The molecule has 2 aliphatic rings. The number of nitrogens with zero attached hydrogens (tertiary/aromatic N) is 6. The van der Waals surface area contributed by atoms with E-state index < -0.39 is 0 Å². The molecule has 2 radical (unpaired) electrons. The van der Waals surface area contributed by atoms with Crippen LogP contribution in [0.3, 0.4) is 0 Å². The van der Waals surface area contributed by atoms with Crippen molar-refractivity contribution in [2.24, 2.45) is 28.2 Å². The summed E-state index contributed by atoms with van der Waals surface area (Å²) in [4.78, 5) is 18.4. The molecule has 7 aromatic rings. The van der Waals surface area contributed by atoms with Crippen LogP contribution < -0.4 is 67.9 Å². The van der Waals surface area contributed by atoms with Crippen LogP contribution in [-0.2, 0) is 28.2 Å². The van der Waals surface area contributed by atoms with E-state index in [0.29, 0.717) is 0 Å². The highest BCUT2D eigenvalue weighted by Crippen LogP contribution is 2.37. The Morgan fingerprint density at radius 2 is 0.561 bits per heavy atom. The van der Waals surface area contributed by atoms with E-state index in [1.807, 2.05) is 41.9 Å². The fourth-order valence-electron chi connectivity index (χ4n) is 7.09. The Labute approximate surface area is 372 Å². The molecule has 0 spiro atoms. The summed E-state index contributed by atoms with van der Waals surface area (Å²) in [5.74, 6) is 0. The Bertz CT molecular complexity index is 2620. The highest BCUT2D eigenvalue weighted by atomic mass is 35.5. The number of aromatic nitrogens is 8. The Balaban J connectivity index is 0.00000144. The second-order valence-corrected chi connectivity index (χ2v) is 13.5. The number of hydrogen-bond donors (Lipinski definition) is 2. The van der Waals surface area contributed by atoms with Crippen molar-refractivity contribution in [3.8, 4) is 44.5 Å². The van der Waals surface area contributed by atoms with Gasteiger partial charge < -0.3 is 59.6 Å². The van der Waals surface area contributed by atoms with Crippen molar-refractivity contribution in [1.82, 2.24) is 19.9 Å². The molecule has 2 aliphatic heterocycles. The second-order valence-electron chi connectivity index (χ2n) is 13.5. The molecule has 9 rings (SSSR count). The van der Waals surface area contributed by atoms with Crippen molar-refractivity contribution in [1.29, 1.82) is 0 Å². The zero-order chi connectivity index (χ0) is 35.3. The molecule has 2 N–H and O–H groups in total. The van der Waals surface area contributed by atoms with Crippen molar-refractivity contribution >= 4 is 69.4 Å². The predicted molar refractivity (Wildman–Crippen MR) is 211 cm³/mol. The first-order chi connectivity index (χ1) is 25.4. The molecular formula is C44H38Cl4MgN8. The number of hydrogen-bond acceptors (Lipinski definition) is 2. The number of pyridine rings is 4. The van der Waals surface area contributed by atoms with Crippen molar-refractivity contribution < 1.29 is 67.9 Å². The van der Waals surface area contributed by atoms with Crippen LogP contribution in [0.1, 0.15) is 22.8 Å². The van der Waals surface area contributed by atoms with Gasteiger partial charge in [0.1, 0.15) is 28.2 Å². The first kappa shape index (κ1) is 44.8. The summed E-state index contributed by atoms with van der Waals surface area (Å²) < 4.78 is 8.20. The third-order valence-electron chi connectivity index (χ3n) is 9.82. The van der Waals surface area contributed by atoms with E-state index in [4.69, 9.17) is 9.97 Å². The van der Waals surface area contributed by atoms with Gasteiger partial charge in [0, 0.05) is 116 Å². The van der Waals surface area contributed by atoms with Gasteiger partial charge in [0.2, 0.25) is 0 Å². The lowest BCUT2D eigenvalue weighted by Crippen LogP contribution is -3.00. The molecule has 0 aromatic carbocycles. The molecule has 0 fully saturated rings. The van der Waals surface area contributed by atoms with E-state index >= 15 is 0 Å². The van der Waals surface area contributed by atoms with Gasteiger partial charge in [0.15, 0.2) is 49.6 Å². The second kappa shape index (κ2) is 18.6. The summed E-state index contributed by atoms with van der Waals surface area (Å²) in [7, 11) is 8.14. The number of halogens is 4. The van der Waals surface area contributed by atoms with Crippen LogP contribution >= 0.6 is 0 Å². The summed E-state index contributed by atoms with van der Waals surface area (Å²) in [5.41, 5.74) is 15.9. The molecule has 0 atom stereocenters. The molecule has 0 unspecified atom stereocenters. The quantitative estimate of drug-likeness (QED) is 0.137. The van der Waals surface area contributed by atoms with E-state index in [-0.39, 0.29) is 72.7 Å². The van der Waals surface area contributed by atoms with Gasteiger partial charge in [-0.3, -0.25) is 0 Å². The zero-order valence-corrected chi connectivity index (χ0v) is 36.2. The molecule has 8 bridgehead atoms. The molecule has 0 aliphatic carbocycles. The molecule has 284 valence electrons. The largest absolute Gasteiger partial charge is 1.00 e. The highest BCUT2D eigenvalue weighted by molar-refractivity contribution is 6.00. The van der Waals surface area contributed by atoms with Gasteiger partial charge in [0.25, 0.3) is 0 Å². The molecule has 13 heteroatoms. The molecule has 0 saturated heterocycles. The van der Waals surface area contributed by atoms with Gasteiger partial charge in [0.05, 0.1) is 22.8 Å². The normalized spacial score (nSPS) is 11.0. The lowest BCUT2D eigenvalue weighted by atomic mass is 10.0. The first-order valence-electron chi connectivity index (χ1n) is 17.4. The summed E-state index contributed by atoms with van der Waals surface area (Å²) in [6.07, 6.45) is 25.1. The summed E-state index contributed by atoms with van der Waals surface area (Å²) in [6, 6.07) is 25.9. The van der Waals surface area contributed by atoms with Gasteiger partial charge in [-0.05, 0) is 70.8 Å². The van der Waals surface area contributed by atoms with Crippen LogP contribution in [-0.4, -0.2) is 43.0 Å². The van der Waals surface area contributed by atoms with Crippen LogP contribution in [0.25, 0.3) is 90.9 Å². The van der Waals surface area contributed by atoms with Crippen LogP contribution in [0.4, 0.5) is 0 Å². The minimum atomic E-state index is 0. The van der Waals surface area contributed by atoms with Crippen LogP contribution in [0.2, 0.25) is 0 Å². The Hall–Kier alpha value is -4.87. The molecule has 7 aromatic heterocycles. The minimum absolute atomic E-state index is 0. The smallest absolute Gasteiger partial charge is 0.169 e. The maximum Gasteiger partial charge on any atom is 0.169 e. The standard InChI is InChI=1S/C44H37N8.4ClH.Mg/c1-49-21-13-29(14-22-49)41-33-5-7-35(45-33)42(30-15-23-50(2)24-16-30)37-9-11-39(47-37)44(32-19-27-52(4)28-20-32)40-12-10-38(48-40)43(36-8-6-34(41)46-36)31-17-25-51(3)26-18-31;;;;;/h5-28H,1-4H3,(H,45,46,47,48);4*1H;/q+3;;;;;/p-3. The molecule has 0 amide bonds. The SMILES string of the molecule is C[n+]1ccc(-c2c3nc(c(-c4cc[n+](C)cc4)c4ccc([nH]4)c(-c4cc[n+](C)cc4)c4ccc([nH]4)c(-c4cc[n+](C)cc4)c4nc2C=C4)C=C3)cc1.[Cl-].[Cl-].[Cl-].[Cl-].[Mg]. The van der Waals surface area contributed by atoms with E-state index in [2.05, 4.69) is 161 Å². The van der Waals surface area contributed by atoms with Gasteiger partial charge in [-0.1, -0.05) is 0 Å². The highest BCUT2D eigenvalue weighted by Gasteiger charge is 2.20. The average Bonchev–Trinajstić information content (AvgIpc) is 3.99. The van der Waals surface area contributed by atoms with E-state index in [9.17, 15) is 0 Å². The van der Waals surface area contributed by atoms with Gasteiger partial charge in [-0.15, -0.1) is 0 Å². The third-order valence-corrected chi connectivity index (χ3v) is 9.82. The third kappa shape index (κ3) is 8.69. The van der Waals surface area contributed by atoms with Crippen molar-refractivity contribution in [3.05, 3.63) is 145 Å². The van der Waals surface area contributed by atoms with Gasteiger partial charge >= 0.3 is 0 Å². The number of H-pyrrole nitrogens is 2. The fourth-order valence-corrected chi connectivity index (χ4v) is 7.09. The number of nitrogens with one attached hydrogen (secondary N) is 2. The van der Waals surface area contributed by atoms with Crippen LogP contribution in [0, 0.1) is 0 Å². The van der Waals surface area contributed by atoms with E-state index in [1.165, 1.54) is 0 Å². The topological polar surface area (TPSA) is 72.9 Å². The minimum Gasteiger partial charge on any atom is -1.00 e. The number of rotatable bonds is 4. The molecule has 0 saturated carbocycles. The maximum atomic E-state index is 5.38. The number of aryl methyl sites for hydroxylation is 4. The summed E-state index contributed by atoms with van der Waals surface area (Å²) >= 11 is 0. The fraction of sp³-hybridized carbons (Fsp3) is 0.0909. The van der Waals surface area contributed by atoms with Crippen molar-refractivity contribution in [3.63, 3.8) is 0 Å². The number of aromatic amines is 2. The zero-order valence-electron chi connectivity index (χ0n) is 31.8. The monoisotopic (exact) mass is 842 g/mol. The molecule has 9 heterocycles. The summed E-state index contributed by atoms with van der Waals surface area (Å²) in [6.45, 7) is 0. The van der Waals surface area contributed by atoms with Crippen LogP contribution in [0.5, 0.6) is 0 Å².